The Labute approximate surface area is 134 Å². The number of rotatable bonds is 4. The smallest absolute Gasteiger partial charge is 0.256 e. The summed E-state index contributed by atoms with van der Waals surface area (Å²) in [7, 11) is 0. The Bertz CT molecular complexity index is 751. The van der Waals surface area contributed by atoms with Crippen LogP contribution in [0.5, 0.6) is 5.88 Å². The zero-order valence-electron chi connectivity index (χ0n) is 12.6. The van der Waals surface area contributed by atoms with Crippen LogP contribution in [0.25, 0.3) is 0 Å². The second-order valence-corrected chi connectivity index (χ2v) is 6.54. The van der Waals surface area contributed by atoms with Crippen LogP contribution in [0.15, 0.2) is 29.4 Å². The predicted molar refractivity (Wildman–Crippen MR) is 81.1 cm³/mol. The minimum atomic E-state index is -2.30. The molecule has 0 saturated carbocycles. The van der Waals surface area contributed by atoms with Gasteiger partial charge in [-0.15, -0.1) is 0 Å². The molecule has 1 unspecified atom stereocenters. The number of hydrogen-bond acceptors (Lipinski definition) is 5. The van der Waals surface area contributed by atoms with E-state index in [1.165, 1.54) is 12.1 Å². The summed E-state index contributed by atoms with van der Waals surface area (Å²) >= 11 is -2.30. The molecule has 1 aromatic heterocycles. The van der Waals surface area contributed by atoms with Crippen LogP contribution >= 0.6 is 0 Å². The maximum Gasteiger partial charge on any atom is 0.256 e. The lowest BCUT2D eigenvalue weighted by atomic mass is 10.2. The highest BCUT2D eigenvalue weighted by atomic mass is 32.2. The molecule has 6 nitrogen and oxygen atoms in total. The zero-order valence-corrected chi connectivity index (χ0v) is 13.4. The second kappa shape index (κ2) is 6.55. The molecule has 0 aliphatic carbocycles. The van der Waals surface area contributed by atoms with Crippen molar-refractivity contribution in [3.05, 3.63) is 36.2 Å². The third-order valence-electron chi connectivity index (χ3n) is 2.56. The molecule has 2 N–H and O–H groups in total. The van der Waals surface area contributed by atoms with E-state index in [0.717, 1.165) is 12.4 Å². The van der Waals surface area contributed by atoms with Crippen molar-refractivity contribution in [2.45, 2.75) is 31.3 Å². The van der Waals surface area contributed by atoms with Gasteiger partial charge < -0.3 is 14.6 Å². The number of aromatic nitrogens is 2. The molecule has 1 aromatic carbocycles. The van der Waals surface area contributed by atoms with Crippen molar-refractivity contribution in [1.82, 2.24) is 9.97 Å². The Hall–Kier alpha value is -2.13. The number of anilines is 2. The van der Waals surface area contributed by atoms with Crippen LogP contribution in [0.2, 0.25) is 0 Å². The van der Waals surface area contributed by atoms with E-state index in [2.05, 4.69) is 15.3 Å². The summed E-state index contributed by atoms with van der Waals surface area (Å²) in [5.74, 6) is -2.21. The average molecular weight is 343 g/mol. The van der Waals surface area contributed by atoms with Crippen molar-refractivity contribution in [3.63, 3.8) is 0 Å². The van der Waals surface area contributed by atoms with Crippen LogP contribution in [0.1, 0.15) is 20.8 Å². The van der Waals surface area contributed by atoms with E-state index >= 15 is 0 Å². The first-order valence-electron chi connectivity index (χ1n) is 6.54. The van der Waals surface area contributed by atoms with Gasteiger partial charge in [-0.05, 0) is 39.0 Å². The number of hydrogen-bond donors (Lipinski definition) is 2. The summed E-state index contributed by atoms with van der Waals surface area (Å²) in [6, 6.07) is 3.34. The largest absolute Gasteiger partial charge is 0.470 e. The van der Waals surface area contributed by atoms with Gasteiger partial charge in [0.15, 0.2) is 16.9 Å². The lowest BCUT2D eigenvalue weighted by molar-refractivity contribution is 0.117. The van der Waals surface area contributed by atoms with Crippen molar-refractivity contribution in [2.75, 3.05) is 5.32 Å². The summed E-state index contributed by atoms with van der Waals surface area (Å²) in [5.41, 5.74) is -0.761. The van der Waals surface area contributed by atoms with Crippen LogP contribution < -0.4 is 10.1 Å². The second-order valence-electron chi connectivity index (χ2n) is 5.57. The molecular formula is C14H15F2N3O3S. The molecule has 1 heterocycles. The highest BCUT2D eigenvalue weighted by Crippen LogP contribution is 2.27. The summed E-state index contributed by atoms with van der Waals surface area (Å²) in [6.07, 6.45) is 1.08. The van der Waals surface area contributed by atoms with Crippen molar-refractivity contribution in [1.29, 1.82) is 0 Å². The molecule has 2 aromatic rings. The summed E-state index contributed by atoms with van der Waals surface area (Å²) < 4.78 is 53.3. The van der Waals surface area contributed by atoms with E-state index in [1.54, 1.807) is 20.8 Å². The molecule has 0 saturated heterocycles. The Morgan fingerprint density at radius 3 is 2.52 bits per heavy atom. The molecule has 0 radical (unpaired) electrons. The molecule has 0 fully saturated rings. The van der Waals surface area contributed by atoms with Gasteiger partial charge in [-0.3, -0.25) is 0 Å². The Morgan fingerprint density at radius 2 is 1.96 bits per heavy atom. The molecular weight excluding hydrogens is 328 g/mol. The van der Waals surface area contributed by atoms with Gasteiger partial charge in [0, 0.05) is 0 Å². The highest BCUT2D eigenvalue weighted by molar-refractivity contribution is 7.79. The minimum Gasteiger partial charge on any atom is -0.470 e. The van der Waals surface area contributed by atoms with Crippen molar-refractivity contribution >= 4 is 22.6 Å². The van der Waals surface area contributed by atoms with Gasteiger partial charge in [0.25, 0.3) is 5.88 Å². The van der Waals surface area contributed by atoms with E-state index in [1.807, 2.05) is 0 Å². The molecule has 0 aliphatic rings. The lowest BCUT2D eigenvalue weighted by Gasteiger charge is -2.21. The molecule has 0 bridgehead atoms. The van der Waals surface area contributed by atoms with Crippen LogP contribution in [-0.4, -0.2) is 24.3 Å². The third-order valence-corrected chi connectivity index (χ3v) is 3.21. The summed E-state index contributed by atoms with van der Waals surface area (Å²) in [5, 5.41) is 2.47. The standard InChI is InChI=1S/C14H15F2N3O3S/c1-14(2,3)22-13-11(16)12(17-7-18-13)19-10-5-4-8(23(20)21)6-9(10)15/h4-7H,1-3H3,(H,20,21)(H,17,18,19). The van der Waals surface area contributed by atoms with E-state index < -0.39 is 28.3 Å². The van der Waals surface area contributed by atoms with Crippen molar-refractivity contribution < 1.29 is 22.3 Å². The topological polar surface area (TPSA) is 84.3 Å². The van der Waals surface area contributed by atoms with Gasteiger partial charge in [0.2, 0.25) is 5.82 Å². The monoisotopic (exact) mass is 343 g/mol. The minimum absolute atomic E-state index is 0.0986. The molecule has 0 amide bonds. The SMILES string of the molecule is CC(C)(C)Oc1ncnc(Nc2ccc(S(=O)O)cc2F)c1F. The van der Waals surface area contributed by atoms with Crippen LogP contribution in [-0.2, 0) is 11.1 Å². The third kappa shape index (κ3) is 4.42. The summed E-state index contributed by atoms with van der Waals surface area (Å²) in [4.78, 5) is 7.32. The fourth-order valence-electron chi connectivity index (χ4n) is 1.64. The first-order chi connectivity index (χ1) is 10.7. The number of benzene rings is 1. The van der Waals surface area contributed by atoms with Gasteiger partial charge in [-0.2, -0.15) is 9.37 Å². The number of halogens is 2. The van der Waals surface area contributed by atoms with Gasteiger partial charge >= 0.3 is 0 Å². The predicted octanol–water partition coefficient (Wildman–Crippen LogP) is 3.26. The van der Waals surface area contributed by atoms with Crippen molar-refractivity contribution in [3.8, 4) is 5.88 Å². The fourth-order valence-corrected chi connectivity index (χ4v) is 2.02. The molecule has 0 spiro atoms. The normalized spacial score (nSPS) is 12.8. The molecule has 124 valence electrons. The summed E-state index contributed by atoms with van der Waals surface area (Å²) in [6.45, 7) is 5.19. The van der Waals surface area contributed by atoms with E-state index in [9.17, 15) is 13.0 Å². The number of nitrogens with zero attached hydrogens (tertiary/aromatic N) is 2. The van der Waals surface area contributed by atoms with Gasteiger partial charge in [-0.1, -0.05) is 0 Å². The Balaban J connectivity index is 2.30. The van der Waals surface area contributed by atoms with Crippen LogP contribution in [0.4, 0.5) is 20.3 Å². The Morgan fingerprint density at radius 1 is 1.26 bits per heavy atom. The molecule has 0 aliphatic heterocycles. The average Bonchev–Trinajstić information content (AvgIpc) is 2.43. The van der Waals surface area contributed by atoms with Gasteiger partial charge in [-0.25, -0.2) is 13.6 Å². The molecule has 9 heteroatoms. The lowest BCUT2D eigenvalue weighted by Crippen LogP contribution is -2.24. The molecule has 2 rings (SSSR count). The fraction of sp³-hybridized carbons (Fsp3) is 0.286. The van der Waals surface area contributed by atoms with E-state index in [-0.39, 0.29) is 22.3 Å². The van der Waals surface area contributed by atoms with E-state index in [0.29, 0.717) is 0 Å². The quantitative estimate of drug-likeness (QED) is 0.829. The number of ether oxygens (including phenoxy) is 1. The highest BCUT2D eigenvalue weighted by Gasteiger charge is 2.20. The first-order valence-corrected chi connectivity index (χ1v) is 7.65. The van der Waals surface area contributed by atoms with Crippen LogP contribution in [0.3, 0.4) is 0 Å². The molecule has 1 atom stereocenters. The maximum atomic E-state index is 14.3. The van der Waals surface area contributed by atoms with Gasteiger partial charge in [0.1, 0.15) is 17.7 Å². The van der Waals surface area contributed by atoms with Crippen LogP contribution in [0, 0.1) is 11.6 Å². The number of nitrogens with one attached hydrogen (secondary N) is 1. The molecule has 23 heavy (non-hydrogen) atoms. The van der Waals surface area contributed by atoms with Gasteiger partial charge in [0.05, 0.1) is 10.6 Å². The Kier molecular flexibility index (Phi) is 4.90. The zero-order chi connectivity index (χ0) is 17.2. The maximum absolute atomic E-state index is 14.3. The van der Waals surface area contributed by atoms with E-state index in [4.69, 9.17) is 9.29 Å². The van der Waals surface area contributed by atoms with Crippen molar-refractivity contribution in [2.24, 2.45) is 0 Å². The first kappa shape index (κ1) is 17.2.